The zero-order valence-corrected chi connectivity index (χ0v) is 13.5. The molecule has 0 radical (unpaired) electrons. The largest absolute Gasteiger partial charge is 0.395 e. The van der Waals surface area contributed by atoms with E-state index in [0.717, 1.165) is 19.1 Å². The zero-order chi connectivity index (χ0) is 14.4. The lowest BCUT2D eigenvalue weighted by atomic mass is 9.79. The Hall–Kier alpha value is -0.120. The predicted molar refractivity (Wildman–Crippen MR) is 85.0 cm³/mol. The molecule has 2 saturated carbocycles. The molecule has 0 amide bonds. The van der Waals surface area contributed by atoms with E-state index in [1.54, 1.807) is 0 Å². The molecule has 0 unspecified atom stereocenters. The highest BCUT2D eigenvalue weighted by atomic mass is 16.3. The predicted octanol–water partition coefficient (Wildman–Crippen LogP) is 2.78. The van der Waals surface area contributed by atoms with Crippen molar-refractivity contribution in [1.82, 2.24) is 10.2 Å². The van der Waals surface area contributed by atoms with Gasteiger partial charge in [-0.05, 0) is 31.1 Å². The van der Waals surface area contributed by atoms with Crippen LogP contribution in [0.1, 0.15) is 65.2 Å². The Balaban J connectivity index is 1.99. The standard InChI is InChI=1S/C17H34N2O/c1-15(2)18-13-17(9-5-3-4-6-10-17)14-19(11-12-20)16-7-8-16/h15-16,18,20H,3-14H2,1-2H3. The SMILES string of the molecule is CC(C)NCC1(CN(CCO)C2CC2)CCCCCC1. The summed E-state index contributed by atoms with van der Waals surface area (Å²) in [7, 11) is 0. The summed E-state index contributed by atoms with van der Waals surface area (Å²) < 4.78 is 0. The van der Waals surface area contributed by atoms with Crippen LogP contribution in [0.2, 0.25) is 0 Å². The van der Waals surface area contributed by atoms with Crippen LogP contribution in [-0.2, 0) is 0 Å². The highest BCUT2D eigenvalue weighted by molar-refractivity contribution is 4.92. The first kappa shape index (κ1) is 16.3. The zero-order valence-electron chi connectivity index (χ0n) is 13.5. The van der Waals surface area contributed by atoms with Gasteiger partial charge >= 0.3 is 0 Å². The molecular formula is C17H34N2O. The van der Waals surface area contributed by atoms with Gasteiger partial charge < -0.3 is 10.4 Å². The van der Waals surface area contributed by atoms with E-state index in [0.29, 0.717) is 18.1 Å². The third-order valence-corrected chi connectivity index (χ3v) is 5.04. The van der Waals surface area contributed by atoms with Crippen LogP contribution < -0.4 is 5.32 Å². The Kier molecular flexibility index (Phi) is 6.31. The van der Waals surface area contributed by atoms with Gasteiger partial charge in [0, 0.05) is 31.7 Å². The molecule has 0 atom stereocenters. The maximum atomic E-state index is 9.34. The van der Waals surface area contributed by atoms with Crippen molar-refractivity contribution >= 4 is 0 Å². The monoisotopic (exact) mass is 282 g/mol. The van der Waals surface area contributed by atoms with Crippen molar-refractivity contribution < 1.29 is 5.11 Å². The number of aliphatic hydroxyl groups excluding tert-OH is 1. The number of aliphatic hydroxyl groups is 1. The van der Waals surface area contributed by atoms with Gasteiger partial charge in [-0.1, -0.05) is 39.5 Å². The number of hydrogen-bond acceptors (Lipinski definition) is 3. The van der Waals surface area contributed by atoms with E-state index in [1.165, 1.54) is 57.9 Å². The number of hydrogen-bond donors (Lipinski definition) is 2. The molecule has 0 aromatic carbocycles. The Morgan fingerprint density at radius 1 is 1.15 bits per heavy atom. The molecule has 118 valence electrons. The van der Waals surface area contributed by atoms with Crippen molar-refractivity contribution in [2.75, 3.05) is 26.2 Å². The molecule has 2 fully saturated rings. The van der Waals surface area contributed by atoms with E-state index in [9.17, 15) is 5.11 Å². The second-order valence-electron chi connectivity index (χ2n) is 7.38. The van der Waals surface area contributed by atoms with Crippen LogP contribution in [0.5, 0.6) is 0 Å². The normalized spacial score (nSPS) is 23.2. The number of rotatable bonds is 8. The molecule has 2 N–H and O–H groups in total. The van der Waals surface area contributed by atoms with Gasteiger partial charge in [-0.15, -0.1) is 0 Å². The molecule has 0 aliphatic heterocycles. The molecule has 2 aliphatic carbocycles. The smallest absolute Gasteiger partial charge is 0.0558 e. The minimum absolute atomic E-state index is 0.310. The second-order valence-corrected chi connectivity index (χ2v) is 7.38. The van der Waals surface area contributed by atoms with Crippen LogP contribution in [0.3, 0.4) is 0 Å². The maximum absolute atomic E-state index is 9.34. The van der Waals surface area contributed by atoms with Crippen molar-refractivity contribution in [2.24, 2.45) is 5.41 Å². The summed E-state index contributed by atoms with van der Waals surface area (Å²) >= 11 is 0. The van der Waals surface area contributed by atoms with Gasteiger partial charge in [0.15, 0.2) is 0 Å². The minimum atomic E-state index is 0.310. The number of nitrogens with zero attached hydrogens (tertiary/aromatic N) is 1. The summed E-state index contributed by atoms with van der Waals surface area (Å²) in [6, 6.07) is 1.34. The van der Waals surface area contributed by atoms with Gasteiger partial charge in [-0.25, -0.2) is 0 Å². The summed E-state index contributed by atoms with van der Waals surface area (Å²) in [4.78, 5) is 2.58. The fraction of sp³-hybridized carbons (Fsp3) is 1.00. The lowest BCUT2D eigenvalue weighted by Gasteiger charge is -2.39. The van der Waals surface area contributed by atoms with Crippen LogP contribution in [0.25, 0.3) is 0 Å². The number of nitrogens with one attached hydrogen (secondary N) is 1. The quantitative estimate of drug-likeness (QED) is 0.672. The first-order valence-electron chi connectivity index (χ1n) is 8.73. The summed E-state index contributed by atoms with van der Waals surface area (Å²) in [6.07, 6.45) is 11.0. The van der Waals surface area contributed by atoms with Crippen LogP contribution >= 0.6 is 0 Å². The van der Waals surface area contributed by atoms with Crippen molar-refractivity contribution in [3.63, 3.8) is 0 Å². The van der Waals surface area contributed by atoms with Crippen molar-refractivity contribution in [2.45, 2.75) is 77.3 Å². The van der Waals surface area contributed by atoms with E-state index < -0.39 is 0 Å². The van der Waals surface area contributed by atoms with Crippen LogP contribution in [0.4, 0.5) is 0 Å². The Morgan fingerprint density at radius 2 is 1.80 bits per heavy atom. The van der Waals surface area contributed by atoms with E-state index in [2.05, 4.69) is 24.1 Å². The Morgan fingerprint density at radius 3 is 2.30 bits per heavy atom. The molecular weight excluding hydrogens is 248 g/mol. The third kappa shape index (κ3) is 5.01. The van der Waals surface area contributed by atoms with Crippen molar-refractivity contribution in [3.05, 3.63) is 0 Å². The average Bonchev–Trinajstić information content (AvgIpc) is 3.24. The molecule has 0 spiro atoms. The Bertz CT molecular complexity index is 268. The molecule has 0 aromatic heterocycles. The summed E-state index contributed by atoms with van der Waals surface area (Å²) in [6.45, 7) is 8.02. The topological polar surface area (TPSA) is 35.5 Å². The third-order valence-electron chi connectivity index (χ3n) is 5.04. The molecule has 0 bridgehead atoms. The van der Waals surface area contributed by atoms with Gasteiger partial charge in [-0.3, -0.25) is 4.90 Å². The first-order chi connectivity index (χ1) is 9.65. The Labute approximate surface area is 125 Å². The van der Waals surface area contributed by atoms with E-state index in [4.69, 9.17) is 0 Å². The molecule has 0 saturated heterocycles. The lowest BCUT2D eigenvalue weighted by Crippen LogP contribution is -2.47. The molecule has 0 aromatic rings. The van der Waals surface area contributed by atoms with Crippen LogP contribution in [0, 0.1) is 5.41 Å². The van der Waals surface area contributed by atoms with Gasteiger partial charge in [0.05, 0.1) is 6.61 Å². The molecule has 20 heavy (non-hydrogen) atoms. The minimum Gasteiger partial charge on any atom is -0.395 e. The summed E-state index contributed by atoms with van der Waals surface area (Å²) in [5.41, 5.74) is 0.443. The van der Waals surface area contributed by atoms with Crippen molar-refractivity contribution in [3.8, 4) is 0 Å². The van der Waals surface area contributed by atoms with Gasteiger partial charge in [-0.2, -0.15) is 0 Å². The average molecular weight is 282 g/mol. The van der Waals surface area contributed by atoms with E-state index in [-0.39, 0.29) is 0 Å². The van der Waals surface area contributed by atoms with Gasteiger partial charge in [0.2, 0.25) is 0 Å². The first-order valence-corrected chi connectivity index (χ1v) is 8.73. The fourth-order valence-corrected chi connectivity index (χ4v) is 3.68. The maximum Gasteiger partial charge on any atom is 0.0558 e. The molecule has 3 heteroatoms. The fourth-order valence-electron chi connectivity index (χ4n) is 3.68. The van der Waals surface area contributed by atoms with Gasteiger partial charge in [0.25, 0.3) is 0 Å². The highest BCUT2D eigenvalue weighted by Gasteiger charge is 2.37. The second kappa shape index (κ2) is 7.77. The molecule has 2 aliphatic rings. The van der Waals surface area contributed by atoms with Crippen LogP contribution in [0.15, 0.2) is 0 Å². The van der Waals surface area contributed by atoms with E-state index in [1.807, 2.05) is 0 Å². The van der Waals surface area contributed by atoms with Crippen LogP contribution in [-0.4, -0.2) is 48.3 Å². The summed E-state index contributed by atoms with van der Waals surface area (Å²) in [5, 5.41) is 13.0. The van der Waals surface area contributed by atoms with E-state index >= 15 is 0 Å². The van der Waals surface area contributed by atoms with Crippen molar-refractivity contribution in [1.29, 1.82) is 0 Å². The molecule has 2 rings (SSSR count). The molecule has 3 nitrogen and oxygen atoms in total. The highest BCUT2D eigenvalue weighted by Crippen LogP contribution is 2.38. The van der Waals surface area contributed by atoms with Gasteiger partial charge in [0.1, 0.15) is 0 Å². The molecule has 0 heterocycles. The lowest BCUT2D eigenvalue weighted by molar-refractivity contribution is 0.100. The summed E-state index contributed by atoms with van der Waals surface area (Å²) in [5.74, 6) is 0.